The van der Waals surface area contributed by atoms with Crippen molar-refractivity contribution in [2.45, 2.75) is 29.3 Å². The molecule has 1 saturated heterocycles. The monoisotopic (exact) mass is 457 g/mol. The quantitative estimate of drug-likeness (QED) is 0.391. The topological polar surface area (TPSA) is 87.7 Å². The third kappa shape index (κ3) is 5.01. The van der Waals surface area contributed by atoms with Crippen molar-refractivity contribution >= 4 is 39.5 Å². The van der Waals surface area contributed by atoms with Crippen molar-refractivity contribution in [3.05, 3.63) is 78.4 Å². The van der Waals surface area contributed by atoms with E-state index in [1.807, 2.05) is 54.6 Å². The van der Waals surface area contributed by atoms with Gasteiger partial charge in [0.15, 0.2) is 6.23 Å². The number of hydrogen-bond donors (Lipinski definition) is 3. The number of benzene rings is 3. The molecule has 2 N–H and O–H groups in total. The fourth-order valence-electron chi connectivity index (χ4n) is 3.54. The molecule has 1 fully saturated rings. The number of nitrogens with one attached hydrogen (secondary N) is 2. The lowest BCUT2D eigenvalue weighted by atomic mass is 10.1. The Bertz CT molecular complexity index is 1170. The van der Waals surface area contributed by atoms with Crippen LogP contribution in [0.25, 0.3) is 10.8 Å². The minimum absolute atomic E-state index is 0.157. The molecule has 4 rings (SSSR count). The Morgan fingerprint density at radius 3 is 2.52 bits per heavy atom. The maximum atomic E-state index is 13.3. The molecule has 0 aromatic heterocycles. The molecule has 1 amide bonds. The van der Waals surface area contributed by atoms with Crippen LogP contribution in [0.3, 0.4) is 0 Å². The molecule has 0 aliphatic carbocycles. The predicted octanol–water partition coefficient (Wildman–Crippen LogP) is 3.29. The van der Waals surface area contributed by atoms with E-state index in [-0.39, 0.29) is 16.7 Å². The Balaban J connectivity index is 1.44. The normalized spacial score (nSPS) is 19.4. The summed E-state index contributed by atoms with van der Waals surface area (Å²) in [6.45, 7) is 0.572. The zero-order valence-electron chi connectivity index (χ0n) is 16.6. The van der Waals surface area contributed by atoms with Crippen molar-refractivity contribution in [3.63, 3.8) is 0 Å². The summed E-state index contributed by atoms with van der Waals surface area (Å²) in [4.78, 5) is 12.4. The predicted molar refractivity (Wildman–Crippen MR) is 122 cm³/mol. The van der Waals surface area contributed by atoms with Crippen molar-refractivity contribution in [3.8, 4) is 0 Å². The minimum Gasteiger partial charge on any atom is -0.428 e. The molecule has 0 saturated carbocycles. The molecule has 31 heavy (non-hydrogen) atoms. The molecule has 3 aromatic rings. The van der Waals surface area contributed by atoms with Gasteiger partial charge in [-0.15, -0.1) is 0 Å². The summed E-state index contributed by atoms with van der Waals surface area (Å²) in [5, 5.41) is 1.54. The largest absolute Gasteiger partial charge is 0.428 e. The lowest BCUT2D eigenvalue weighted by molar-refractivity contribution is 0.0496. The zero-order chi connectivity index (χ0) is 21.8. The molecule has 0 unspecified atom stereocenters. The highest BCUT2D eigenvalue weighted by molar-refractivity contribution is 7.89. The molecule has 162 valence electrons. The Kier molecular flexibility index (Phi) is 6.47. The highest BCUT2D eigenvalue weighted by Gasteiger charge is 2.41. The SMILES string of the molecule is O=C(NNCc1ccccc1)O[C@H]1C[C@@H](S)CN1S(=O)(=O)c1ccc2ccccc2c1. The van der Waals surface area contributed by atoms with Gasteiger partial charge in [-0.3, -0.25) is 5.43 Å². The molecule has 0 bridgehead atoms. The first kappa shape index (κ1) is 21.6. The fourth-order valence-corrected chi connectivity index (χ4v) is 5.61. The molecule has 1 aliphatic rings. The summed E-state index contributed by atoms with van der Waals surface area (Å²) in [6, 6.07) is 22.1. The van der Waals surface area contributed by atoms with E-state index in [0.717, 1.165) is 16.3 Å². The smallest absolute Gasteiger partial charge is 0.423 e. The van der Waals surface area contributed by atoms with E-state index in [0.29, 0.717) is 13.0 Å². The number of hydrazine groups is 1. The van der Waals surface area contributed by atoms with Crippen molar-refractivity contribution < 1.29 is 17.9 Å². The van der Waals surface area contributed by atoms with Gasteiger partial charge < -0.3 is 4.74 Å². The van der Waals surface area contributed by atoms with Crippen molar-refractivity contribution in [2.24, 2.45) is 0 Å². The molecule has 1 heterocycles. The summed E-state index contributed by atoms with van der Waals surface area (Å²) in [5.41, 5.74) is 6.22. The summed E-state index contributed by atoms with van der Waals surface area (Å²) >= 11 is 4.42. The van der Waals surface area contributed by atoms with Gasteiger partial charge in [-0.2, -0.15) is 16.9 Å². The Morgan fingerprint density at radius 2 is 1.74 bits per heavy atom. The summed E-state index contributed by atoms with van der Waals surface area (Å²) in [5.74, 6) is 0. The van der Waals surface area contributed by atoms with Crippen LogP contribution in [0.1, 0.15) is 12.0 Å². The van der Waals surface area contributed by atoms with Gasteiger partial charge in [-0.05, 0) is 28.5 Å². The number of fused-ring (bicyclic) bond motifs is 1. The van der Waals surface area contributed by atoms with Crippen LogP contribution < -0.4 is 10.9 Å². The first-order chi connectivity index (χ1) is 14.9. The number of carbonyl (C=O) groups excluding carboxylic acids is 1. The van der Waals surface area contributed by atoms with Gasteiger partial charge >= 0.3 is 6.09 Å². The minimum atomic E-state index is -3.86. The van der Waals surface area contributed by atoms with E-state index in [2.05, 4.69) is 23.5 Å². The second kappa shape index (κ2) is 9.27. The molecule has 7 nitrogen and oxygen atoms in total. The van der Waals surface area contributed by atoms with Gasteiger partial charge in [0, 0.05) is 24.8 Å². The molecular formula is C22H23N3O4S2. The number of rotatable bonds is 6. The van der Waals surface area contributed by atoms with Crippen LogP contribution in [-0.4, -0.2) is 36.8 Å². The van der Waals surface area contributed by atoms with Gasteiger partial charge in [0.2, 0.25) is 10.0 Å². The number of nitrogens with zero attached hydrogens (tertiary/aromatic N) is 1. The van der Waals surface area contributed by atoms with Gasteiger partial charge in [-0.25, -0.2) is 18.6 Å². The van der Waals surface area contributed by atoms with E-state index in [1.165, 1.54) is 4.31 Å². The highest BCUT2D eigenvalue weighted by Crippen LogP contribution is 2.30. The van der Waals surface area contributed by atoms with Crippen molar-refractivity contribution in [1.29, 1.82) is 0 Å². The van der Waals surface area contributed by atoms with Crippen LogP contribution in [-0.2, 0) is 21.3 Å². The fraction of sp³-hybridized carbons (Fsp3) is 0.227. The average Bonchev–Trinajstić information content (AvgIpc) is 3.15. The number of sulfonamides is 1. The van der Waals surface area contributed by atoms with E-state index >= 15 is 0 Å². The molecule has 9 heteroatoms. The summed E-state index contributed by atoms with van der Waals surface area (Å²) in [7, 11) is -3.86. The van der Waals surface area contributed by atoms with E-state index in [4.69, 9.17) is 4.74 Å². The Morgan fingerprint density at radius 1 is 1.03 bits per heavy atom. The Labute approximate surface area is 186 Å². The summed E-state index contributed by atoms with van der Waals surface area (Å²) < 4.78 is 33.2. The van der Waals surface area contributed by atoms with Crippen LogP contribution in [0.15, 0.2) is 77.7 Å². The Hall–Kier alpha value is -2.59. The summed E-state index contributed by atoms with van der Waals surface area (Å²) in [6.07, 6.45) is -1.37. The molecule has 3 aromatic carbocycles. The van der Waals surface area contributed by atoms with Crippen LogP contribution in [0, 0.1) is 0 Å². The van der Waals surface area contributed by atoms with Crippen LogP contribution in [0.2, 0.25) is 0 Å². The second-order valence-electron chi connectivity index (χ2n) is 7.30. The number of carbonyl (C=O) groups is 1. The highest BCUT2D eigenvalue weighted by atomic mass is 32.2. The number of ether oxygens (including phenoxy) is 1. The first-order valence-corrected chi connectivity index (χ1v) is 11.8. The molecular weight excluding hydrogens is 434 g/mol. The lowest BCUT2D eigenvalue weighted by Gasteiger charge is -2.24. The molecule has 0 radical (unpaired) electrons. The van der Waals surface area contributed by atoms with E-state index in [1.54, 1.807) is 18.2 Å². The molecule has 1 aliphatic heterocycles. The van der Waals surface area contributed by atoms with Gasteiger partial charge in [-0.1, -0.05) is 60.7 Å². The van der Waals surface area contributed by atoms with Crippen LogP contribution in [0.5, 0.6) is 0 Å². The average molecular weight is 458 g/mol. The molecule has 2 atom stereocenters. The number of thiol groups is 1. The van der Waals surface area contributed by atoms with E-state index < -0.39 is 22.3 Å². The standard InChI is InChI=1S/C22H23N3O4S2/c26-22(24-23-14-16-6-2-1-3-7-16)29-21-13-19(30)15-25(21)31(27,28)20-11-10-17-8-4-5-9-18(17)12-20/h1-12,19,21,23,30H,13-15H2,(H,24,26)/t19-,21+/m1/s1. The van der Waals surface area contributed by atoms with Crippen LogP contribution in [0.4, 0.5) is 4.79 Å². The molecule has 0 spiro atoms. The zero-order valence-corrected chi connectivity index (χ0v) is 18.4. The van der Waals surface area contributed by atoms with Crippen molar-refractivity contribution in [1.82, 2.24) is 15.2 Å². The van der Waals surface area contributed by atoms with Gasteiger partial charge in [0.05, 0.1) is 4.90 Å². The van der Waals surface area contributed by atoms with E-state index in [9.17, 15) is 13.2 Å². The maximum absolute atomic E-state index is 13.3. The maximum Gasteiger partial charge on any atom is 0.423 e. The van der Waals surface area contributed by atoms with Gasteiger partial charge in [0.25, 0.3) is 0 Å². The second-order valence-corrected chi connectivity index (χ2v) is 9.92. The lowest BCUT2D eigenvalue weighted by Crippen LogP contribution is -2.44. The third-order valence-corrected chi connectivity index (χ3v) is 7.31. The van der Waals surface area contributed by atoms with Gasteiger partial charge in [0.1, 0.15) is 0 Å². The van der Waals surface area contributed by atoms with Crippen molar-refractivity contribution in [2.75, 3.05) is 6.54 Å². The third-order valence-electron chi connectivity index (χ3n) is 5.08. The number of amides is 1. The van der Waals surface area contributed by atoms with Crippen LogP contribution >= 0.6 is 12.6 Å². The first-order valence-electron chi connectivity index (χ1n) is 9.85. The number of hydrogen-bond acceptors (Lipinski definition) is 6.